The summed E-state index contributed by atoms with van der Waals surface area (Å²) in [6.45, 7) is 10.6. The Morgan fingerprint density at radius 1 is 1.21 bits per heavy atom. The SMILES string of the molecule is CC(C)=Nc1cc(C(C)C)ccc1C. The van der Waals surface area contributed by atoms with E-state index in [1.807, 2.05) is 13.8 Å². The van der Waals surface area contributed by atoms with Gasteiger partial charge in [0.1, 0.15) is 0 Å². The number of aliphatic imine (C=N–C) groups is 1. The number of nitrogens with zero attached hydrogens (tertiary/aromatic N) is 1. The smallest absolute Gasteiger partial charge is 0.0660 e. The third-order valence-electron chi connectivity index (χ3n) is 2.24. The molecule has 0 radical (unpaired) electrons. The molecule has 76 valence electrons. The Morgan fingerprint density at radius 2 is 1.86 bits per heavy atom. The highest BCUT2D eigenvalue weighted by Crippen LogP contribution is 2.24. The molecule has 1 heteroatoms. The summed E-state index contributed by atoms with van der Waals surface area (Å²) < 4.78 is 0. The molecule has 0 fully saturated rings. The third kappa shape index (κ3) is 2.69. The molecule has 0 saturated carbocycles. The monoisotopic (exact) mass is 189 g/mol. The number of hydrogen-bond donors (Lipinski definition) is 0. The highest BCUT2D eigenvalue weighted by atomic mass is 14.7. The average molecular weight is 189 g/mol. The standard InChI is InChI=1S/C13H19N/c1-9(2)12-7-6-11(5)13(8-12)14-10(3)4/h6-9H,1-5H3. The van der Waals surface area contributed by atoms with E-state index in [-0.39, 0.29) is 0 Å². The molecular formula is C13H19N. The molecule has 0 atom stereocenters. The first kappa shape index (κ1) is 11.0. The Kier molecular flexibility index (Phi) is 3.45. The van der Waals surface area contributed by atoms with Crippen molar-refractivity contribution in [3.8, 4) is 0 Å². The van der Waals surface area contributed by atoms with Gasteiger partial charge in [0.15, 0.2) is 0 Å². The van der Waals surface area contributed by atoms with Crippen LogP contribution < -0.4 is 0 Å². The highest BCUT2D eigenvalue weighted by molar-refractivity contribution is 5.82. The van der Waals surface area contributed by atoms with Crippen LogP contribution in [0.2, 0.25) is 0 Å². The topological polar surface area (TPSA) is 12.4 Å². The summed E-state index contributed by atoms with van der Waals surface area (Å²) in [5.74, 6) is 0.571. The number of rotatable bonds is 2. The molecule has 0 heterocycles. The summed E-state index contributed by atoms with van der Waals surface area (Å²) in [6.07, 6.45) is 0. The van der Waals surface area contributed by atoms with Gasteiger partial charge < -0.3 is 0 Å². The molecule has 0 N–H and O–H groups in total. The van der Waals surface area contributed by atoms with Gasteiger partial charge in [0.2, 0.25) is 0 Å². The second-order valence-electron chi connectivity index (χ2n) is 4.26. The molecule has 0 spiro atoms. The van der Waals surface area contributed by atoms with Gasteiger partial charge in [-0.05, 0) is 43.9 Å². The van der Waals surface area contributed by atoms with Gasteiger partial charge >= 0.3 is 0 Å². The number of benzene rings is 1. The zero-order valence-electron chi connectivity index (χ0n) is 9.76. The van der Waals surface area contributed by atoms with Crippen LogP contribution in [0.4, 0.5) is 5.69 Å². The van der Waals surface area contributed by atoms with Crippen molar-refractivity contribution in [2.45, 2.75) is 40.5 Å². The second kappa shape index (κ2) is 4.41. The summed E-state index contributed by atoms with van der Waals surface area (Å²) >= 11 is 0. The van der Waals surface area contributed by atoms with Crippen LogP contribution in [0.25, 0.3) is 0 Å². The normalized spacial score (nSPS) is 10.4. The summed E-state index contributed by atoms with van der Waals surface area (Å²) in [5.41, 5.74) is 4.82. The predicted molar refractivity (Wildman–Crippen MR) is 63.7 cm³/mol. The van der Waals surface area contributed by atoms with E-state index in [0.29, 0.717) is 5.92 Å². The maximum atomic E-state index is 4.52. The zero-order chi connectivity index (χ0) is 10.7. The van der Waals surface area contributed by atoms with Crippen LogP contribution in [-0.2, 0) is 0 Å². The lowest BCUT2D eigenvalue weighted by atomic mass is 10.0. The lowest BCUT2D eigenvalue weighted by Gasteiger charge is -2.08. The molecular weight excluding hydrogens is 170 g/mol. The molecule has 0 aliphatic heterocycles. The van der Waals surface area contributed by atoms with Gasteiger partial charge in [0.25, 0.3) is 0 Å². The van der Waals surface area contributed by atoms with E-state index in [1.54, 1.807) is 0 Å². The van der Waals surface area contributed by atoms with Crippen molar-refractivity contribution in [1.82, 2.24) is 0 Å². The first-order chi connectivity index (χ1) is 6.50. The summed E-state index contributed by atoms with van der Waals surface area (Å²) in [5, 5.41) is 0. The molecule has 1 aromatic rings. The van der Waals surface area contributed by atoms with Crippen molar-refractivity contribution >= 4 is 11.4 Å². The Balaban J connectivity index is 3.15. The molecule has 0 aliphatic carbocycles. The summed E-state index contributed by atoms with van der Waals surface area (Å²) in [4.78, 5) is 4.52. The number of aryl methyl sites for hydroxylation is 1. The fourth-order valence-corrected chi connectivity index (χ4v) is 1.35. The van der Waals surface area contributed by atoms with E-state index in [9.17, 15) is 0 Å². The van der Waals surface area contributed by atoms with Crippen molar-refractivity contribution in [3.05, 3.63) is 29.3 Å². The molecule has 14 heavy (non-hydrogen) atoms. The van der Waals surface area contributed by atoms with E-state index < -0.39 is 0 Å². The Labute approximate surface area is 86.9 Å². The van der Waals surface area contributed by atoms with Crippen molar-refractivity contribution in [3.63, 3.8) is 0 Å². The van der Waals surface area contributed by atoms with Crippen LogP contribution in [0.3, 0.4) is 0 Å². The van der Waals surface area contributed by atoms with Gasteiger partial charge in [0, 0.05) is 5.71 Å². The van der Waals surface area contributed by atoms with Gasteiger partial charge in [-0.25, -0.2) is 0 Å². The molecule has 0 bridgehead atoms. The molecule has 0 saturated heterocycles. The fourth-order valence-electron chi connectivity index (χ4n) is 1.35. The Morgan fingerprint density at radius 3 is 2.36 bits per heavy atom. The largest absolute Gasteiger partial charge is 0.258 e. The van der Waals surface area contributed by atoms with Crippen molar-refractivity contribution < 1.29 is 0 Å². The second-order valence-corrected chi connectivity index (χ2v) is 4.26. The van der Waals surface area contributed by atoms with E-state index >= 15 is 0 Å². The lowest BCUT2D eigenvalue weighted by Crippen LogP contribution is -1.88. The fraction of sp³-hybridized carbons (Fsp3) is 0.462. The third-order valence-corrected chi connectivity index (χ3v) is 2.24. The van der Waals surface area contributed by atoms with Crippen LogP contribution in [0, 0.1) is 6.92 Å². The van der Waals surface area contributed by atoms with Gasteiger partial charge in [0.05, 0.1) is 5.69 Å². The van der Waals surface area contributed by atoms with Crippen molar-refractivity contribution in [2.24, 2.45) is 4.99 Å². The van der Waals surface area contributed by atoms with Crippen LogP contribution in [-0.4, -0.2) is 5.71 Å². The van der Waals surface area contributed by atoms with E-state index in [4.69, 9.17) is 0 Å². The molecule has 0 unspecified atom stereocenters. The van der Waals surface area contributed by atoms with Crippen molar-refractivity contribution in [1.29, 1.82) is 0 Å². The minimum Gasteiger partial charge on any atom is -0.258 e. The quantitative estimate of drug-likeness (QED) is 0.617. The molecule has 1 rings (SSSR count). The van der Waals surface area contributed by atoms with Crippen LogP contribution in [0.15, 0.2) is 23.2 Å². The Bertz CT molecular complexity index is 344. The lowest BCUT2D eigenvalue weighted by molar-refractivity contribution is 0.866. The maximum Gasteiger partial charge on any atom is 0.0660 e. The molecule has 0 amide bonds. The van der Waals surface area contributed by atoms with Crippen LogP contribution >= 0.6 is 0 Å². The van der Waals surface area contributed by atoms with E-state index in [0.717, 1.165) is 11.4 Å². The van der Waals surface area contributed by atoms with Gasteiger partial charge in [-0.15, -0.1) is 0 Å². The molecule has 0 aromatic heterocycles. The summed E-state index contributed by atoms with van der Waals surface area (Å²) in [6, 6.07) is 6.52. The minimum atomic E-state index is 0.571. The summed E-state index contributed by atoms with van der Waals surface area (Å²) in [7, 11) is 0. The zero-order valence-corrected chi connectivity index (χ0v) is 9.76. The molecule has 1 aromatic carbocycles. The van der Waals surface area contributed by atoms with Gasteiger partial charge in [-0.1, -0.05) is 26.0 Å². The van der Waals surface area contributed by atoms with Crippen LogP contribution in [0.5, 0.6) is 0 Å². The van der Waals surface area contributed by atoms with E-state index in [1.165, 1.54) is 11.1 Å². The van der Waals surface area contributed by atoms with Crippen LogP contribution in [0.1, 0.15) is 44.7 Å². The first-order valence-corrected chi connectivity index (χ1v) is 5.13. The van der Waals surface area contributed by atoms with E-state index in [2.05, 4.69) is 44.0 Å². The molecule has 1 nitrogen and oxygen atoms in total. The van der Waals surface area contributed by atoms with Gasteiger partial charge in [-0.2, -0.15) is 0 Å². The van der Waals surface area contributed by atoms with Crippen molar-refractivity contribution in [2.75, 3.05) is 0 Å². The minimum absolute atomic E-state index is 0.571. The predicted octanol–water partition coefficient (Wildman–Crippen LogP) is 4.23. The maximum absolute atomic E-state index is 4.52. The first-order valence-electron chi connectivity index (χ1n) is 5.13. The number of hydrogen-bond acceptors (Lipinski definition) is 1. The molecule has 0 aliphatic rings. The highest BCUT2D eigenvalue weighted by Gasteiger charge is 2.02. The Hall–Kier alpha value is -1.11. The van der Waals surface area contributed by atoms with Gasteiger partial charge in [-0.3, -0.25) is 4.99 Å². The average Bonchev–Trinajstić information content (AvgIpc) is 2.07.